The van der Waals surface area contributed by atoms with E-state index in [-0.39, 0.29) is 18.0 Å². The summed E-state index contributed by atoms with van der Waals surface area (Å²) in [5.41, 5.74) is 5.49. The number of amides is 1. The number of carbonyl (C=O) groups is 3. The predicted octanol–water partition coefficient (Wildman–Crippen LogP) is 14.3. The van der Waals surface area contributed by atoms with Crippen molar-refractivity contribution >= 4 is 17.8 Å². The lowest BCUT2D eigenvalue weighted by Gasteiger charge is -2.18. The van der Waals surface area contributed by atoms with E-state index in [1.54, 1.807) is 0 Å². The van der Waals surface area contributed by atoms with Crippen LogP contribution in [0.15, 0.2) is 48.6 Å². The number of nitrogens with two attached hydrogens (primary N) is 1. The number of aliphatic carboxylic acids is 1. The number of esters is 1. The lowest BCUT2D eigenvalue weighted by Crippen LogP contribution is -2.40. The van der Waals surface area contributed by atoms with Crippen molar-refractivity contribution in [3.63, 3.8) is 0 Å². The van der Waals surface area contributed by atoms with Gasteiger partial charge in [-0.15, -0.1) is 0 Å². The summed E-state index contributed by atoms with van der Waals surface area (Å²) in [6.07, 6.45) is 55.9. The SMILES string of the molecule is CC/C=C\C/C=C\C/C=C\C/C=C\CCCCC(CCCCCCCC(=O)NC(CCCN)C(=O)O)OC(=O)CCCCCCCCCCCCCCCCCCC. The number of allylic oxidation sites excluding steroid dienone is 8. The van der Waals surface area contributed by atoms with Crippen LogP contribution in [0.5, 0.6) is 0 Å². The molecule has 58 heavy (non-hydrogen) atoms. The Kier molecular flexibility index (Phi) is 43.3. The number of carbonyl (C=O) groups excluding carboxylic acids is 2. The van der Waals surface area contributed by atoms with Crippen LogP contribution in [0.4, 0.5) is 0 Å². The Labute approximate surface area is 358 Å². The number of carboxylic acids is 1. The molecule has 1 amide bonds. The van der Waals surface area contributed by atoms with Crippen molar-refractivity contribution in [2.24, 2.45) is 5.73 Å². The summed E-state index contributed by atoms with van der Waals surface area (Å²) in [5.74, 6) is -1.25. The molecule has 0 spiro atoms. The number of unbranched alkanes of at least 4 members (excludes halogenated alkanes) is 22. The number of nitrogens with one attached hydrogen (secondary N) is 1. The first-order valence-electron chi connectivity index (χ1n) is 24.5. The zero-order chi connectivity index (χ0) is 42.4. The van der Waals surface area contributed by atoms with Crippen LogP contribution >= 0.6 is 0 Å². The van der Waals surface area contributed by atoms with Crippen molar-refractivity contribution < 1.29 is 24.2 Å². The van der Waals surface area contributed by atoms with E-state index in [2.05, 4.69) is 67.8 Å². The largest absolute Gasteiger partial charge is 0.480 e. The van der Waals surface area contributed by atoms with Crippen LogP contribution in [0.25, 0.3) is 0 Å². The van der Waals surface area contributed by atoms with Gasteiger partial charge in [0.15, 0.2) is 0 Å². The highest BCUT2D eigenvalue weighted by Gasteiger charge is 2.19. The second-order valence-corrected chi connectivity index (χ2v) is 16.5. The lowest BCUT2D eigenvalue weighted by atomic mass is 10.0. The second kappa shape index (κ2) is 45.4. The van der Waals surface area contributed by atoms with Crippen molar-refractivity contribution in [1.82, 2.24) is 5.32 Å². The lowest BCUT2D eigenvalue weighted by molar-refractivity contribution is -0.150. The van der Waals surface area contributed by atoms with E-state index < -0.39 is 12.0 Å². The van der Waals surface area contributed by atoms with E-state index in [0.29, 0.717) is 32.2 Å². The minimum atomic E-state index is -1.01. The summed E-state index contributed by atoms with van der Waals surface area (Å²) in [6, 6.07) is -0.862. The summed E-state index contributed by atoms with van der Waals surface area (Å²) >= 11 is 0. The number of ether oxygens (including phenoxy) is 1. The summed E-state index contributed by atoms with van der Waals surface area (Å²) in [7, 11) is 0. The molecule has 7 nitrogen and oxygen atoms in total. The molecule has 7 heteroatoms. The number of hydrogen-bond donors (Lipinski definition) is 3. The van der Waals surface area contributed by atoms with Gasteiger partial charge < -0.3 is 20.9 Å². The quantitative estimate of drug-likeness (QED) is 0.0320. The van der Waals surface area contributed by atoms with Crippen LogP contribution in [0, 0.1) is 0 Å². The Balaban J connectivity index is 4.36. The molecule has 0 aliphatic rings. The molecule has 0 aromatic rings. The van der Waals surface area contributed by atoms with Crippen molar-refractivity contribution in [3.05, 3.63) is 48.6 Å². The Bertz CT molecular complexity index is 1050. The van der Waals surface area contributed by atoms with Gasteiger partial charge in [-0.1, -0.05) is 184 Å². The van der Waals surface area contributed by atoms with Gasteiger partial charge in [0.05, 0.1) is 0 Å². The van der Waals surface area contributed by atoms with Gasteiger partial charge in [0.2, 0.25) is 5.91 Å². The molecule has 0 aromatic heterocycles. The predicted molar refractivity (Wildman–Crippen MR) is 248 cm³/mol. The molecule has 0 aromatic carbocycles. The van der Waals surface area contributed by atoms with E-state index in [9.17, 15) is 19.5 Å². The number of hydrogen-bond acceptors (Lipinski definition) is 5. The topological polar surface area (TPSA) is 119 Å². The molecule has 4 N–H and O–H groups in total. The van der Waals surface area contributed by atoms with Crippen LogP contribution < -0.4 is 11.1 Å². The minimum Gasteiger partial charge on any atom is -0.480 e. The average molecular weight is 813 g/mol. The molecule has 0 saturated carbocycles. The molecule has 2 unspecified atom stereocenters. The highest BCUT2D eigenvalue weighted by molar-refractivity contribution is 5.83. The molecule has 0 saturated heterocycles. The van der Waals surface area contributed by atoms with Crippen LogP contribution in [-0.2, 0) is 19.1 Å². The summed E-state index contributed by atoms with van der Waals surface area (Å²) in [6.45, 7) is 4.85. The molecule has 336 valence electrons. The zero-order valence-corrected chi connectivity index (χ0v) is 37.9. The fourth-order valence-corrected chi connectivity index (χ4v) is 7.27. The first-order valence-corrected chi connectivity index (χ1v) is 24.5. The molecule has 0 aliphatic carbocycles. The zero-order valence-electron chi connectivity index (χ0n) is 37.9. The van der Waals surface area contributed by atoms with Gasteiger partial charge in [0.1, 0.15) is 12.1 Å². The molecule has 0 bridgehead atoms. The first-order chi connectivity index (χ1) is 28.4. The van der Waals surface area contributed by atoms with E-state index in [4.69, 9.17) is 10.5 Å². The Morgan fingerprint density at radius 2 is 0.948 bits per heavy atom. The maximum Gasteiger partial charge on any atom is 0.326 e. The number of carboxylic acid groups (broad SMARTS) is 1. The maximum absolute atomic E-state index is 12.9. The third-order valence-corrected chi connectivity index (χ3v) is 10.9. The normalized spacial score (nSPS) is 13.0. The maximum atomic E-state index is 12.9. The van der Waals surface area contributed by atoms with Gasteiger partial charge in [0.25, 0.3) is 0 Å². The van der Waals surface area contributed by atoms with Crippen molar-refractivity contribution in [3.8, 4) is 0 Å². The Hall–Kier alpha value is -2.67. The molecule has 2 atom stereocenters. The third kappa shape index (κ3) is 41.5. The van der Waals surface area contributed by atoms with E-state index >= 15 is 0 Å². The molecule has 0 rings (SSSR count). The van der Waals surface area contributed by atoms with Gasteiger partial charge in [0, 0.05) is 12.8 Å². The molecular weight excluding hydrogens is 721 g/mol. The standard InChI is InChI=1S/C51H92N2O5/c1-3-5-7-9-11-13-15-17-19-20-22-24-26-28-30-35-39-45-50(55)58-47(41-36-32-29-27-25-23-21-18-16-14-12-10-8-6-4-2)42-37-33-31-34-38-44-49(54)53-48(51(56)57)43-40-46-52/h6,8,12,14,18,21,25,27,47-48H,3-5,7,9-11,13,15-17,19-20,22-24,26,28-46,52H2,1-2H3,(H,53,54)(H,56,57)/b8-6-,14-12-,21-18-,27-25-. The first kappa shape index (κ1) is 55.3. The van der Waals surface area contributed by atoms with E-state index in [1.807, 2.05) is 0 Å². The second-order valence-electron chi connectivity index (χ2n) is 16.5. The Morgan fingerprint density at radius 1 is 0.517 bits per heavy atom. The smallest absolute Gasteiger partial charge is 0.326 e. The van der Waals surface area contributed by atoms with Crippen LogP contribution in [0.1, 0.15) is 239 Å². The highest BCUT2D eigenvalue weighted by Crippen LogP contribution is 2.19. The van der Waals surface area contributed by atoms with Gasteiger partial charge in [-0.25, -0.2) is 4.79 Å². The van der Waals surface area contributed by atoms with Crippen molar-refractivity contribution in [1.29, 1.82) is 0 Å². The van der Waals surface area contributed by atoms with E-state index in [1.165, 1.54) is 96.3 Å². The fourth-order valence-electron chi connectivity index (χ4n) is 7.27. The summed E-state index contributed by atoms with van der Waals surface area (Å²) < 4.78 is 6.06. The molecule has 0 radical (unpaired) electrons. The van der Waals surface area contributed by atoms with Gasteiger partial charge >= 0.3 is 11.9 Å². The summed E-state index contributed by atoms with van der Waals surface area (Å²) in [5, 5.41) is 12.0. The average Bonchev–Trinajstić information content (AvgIpc) is 3.21. The minimum absolute atomic E-state index is 0.0250. The molecular formula is C51H92N2O5. The Morgan fingerprint density at radius 3 is 1.43 bits per heavy atom. The van der Waals surface area contributed by atoms with Crippen LogP contribution in [0.3, 0.4) is 0 Å². The molecule has 0 aliphatic heterocycles. The van der Waals surface area contributed by atoms with Gasteiger partial charge in [-0.2, -0.15) is 0 Å². The van der Waals surface area contributed by atoms with Crippen molar-refractivity contribution in [2.75, 3.05) is 6.54 Å². The van der Waals surface area contributed by atoms with Crippen LogP contribution in [0.2, 0.25) is 0 Å². The fraction of sp³-hybridized carbons (Fsp3) is 0.784. The number of rotatable bonds is 44. The van der Waals surface area contributed by atoms with Gasteiger partial charge in [-0.3, -0.25) is 9.59 Å². The monoisotopic (exact) mass is 813 g/mol. The van der Waals surface area contributed by atoms with Crippen LogP contribution in [-0.4, -0.2) is 41.6 Å². The van der Waals surface area contributed by atoms with E-state index in [0.717, 1.165) is 103 Å². The third-order valence-electron chi connectivity index (χ3n) is 10.9. The molecule has 0 fully saturated rings. The highest BCUT2D eigenvalue weighted by atomic mass is 16.5. The van der Waals surface area contributed by atoms with Crippen molar-refractivity contribution in [2.45, 2.75) is 251 Å². The summed E-state index contributed by atoms with van der Waals surface area (Å²) in [4.78, 5) is 36.5. The van der Waals surface area contributed by atoms with Gasteiger partial charge in [-0.05, 0) is 96.4 Å². The molecule has 0 heterocycles.